The van der Waals surface area contributed by atoms with Crippen LogP contribution in [0, 0.1) is 6.92 Å². The highest BCUT2D eigenvalue weighted by Crippen LogP contribution is 2.35. The Morgan fingerprint density at radius 3 is 3.00 bits per heavy atom. The fraction of sp³-hybridized carbons (Fsp3) is 0.562. The van der Waals surface area contributed by atoms with E-state index < -0.39 is 0 Å². The molecular weight excluding hydrogens is 248 g/mol. The van der Waals surface area contributed by atoms with E-state index in [4.69, 9.17) is 10.7 Å². The highest BCUT2D eigenvalue weighted by Gasteiger charge is 2.33. The zero-order valence-electron chi connectivity index (χ0n) is 12.0. The van der Waals surface area contributed by atoms with Gasteiger partial charge in [-0.2, -0.15) is 0 Å². The molecule has 2 fully saturated rings. The Bertz CT molecular complexity index is 645. The van der Waals surface area contributed by atoms with Crippen molar-refractivity contribution in [2.75, 3.05) is 18.8 Å². The third kappa shape index (κ3) is 1.82. The van der Waals surface area contributed by atoms with Crippen molar-refractivity contribution < 1.29 is 0 Å². The predicted octanol–water partition coefficient (Wildman–Crippen LogP) is 2.73. The second-order valence-corrected chi connectivity index (χ2v) is 6.29. The number of hydrogen-bond donors (Lipinski definition) is 1. The normalized spacial score (nSPS) is 27.1. The largest absolute Gasteiger partial charge is 0.399 e. The number of anilines is 1. The molecule has 2 aliphatic heterocycles. The van der Waals surface area contributed by atoms with Gasteiger partial charge in [0.25, 0.3) is 0 Å². The van der Waals surface area contributed by atoms with Crippen LogP contribution in [0.1, 0.15) is 37.5 Å². The first kappa shape index (κ1) is 12.2. The van der Waals surface area contributed by atoms with Crippen LogP contribution in [0.5, 0.6) is 0 Å². The molecule has 0 aliphatic carbocycles. The number of fused-ring (bicyclic) bond motifs is 2. The molecule has 2 aromatic rings. The van der Waals surface area contributed by atoms with Crippen LogP contribution in [0.15, 0.2) is 18.2 Å². The number of nitrogen functional groups attached to an aromatic ring is 1. The lowest BCUT2D eigenvalue weighted by Gasteiger charge is -2.36. The van der Waals surface area contributed by atoms with Crippen molar-refractivity contribution in [2.24, 2.45) is 0 Å². The van der Waals surface area contributed by atoms with Crippen LogP contribution in [-0.4, -0.2) is 33.6 Å². The van der Waals surface area contributed by atoms with E-state index in [-0.39, 0.29) is 0 Å². The van der Waals surface area contributed by atoms with Crippen LogP contribution in [0.2, 0.25) is 0 Å². The Kier molecular flexibility index (Phi) is 2.74. The number of nitrogens with zero attached hydrogens (tertiary/aromatic N) is 3. The minimum atomic E-state index is 0.600. The van der Waals surface area contributed by atoms with Crippen molar-refractivity contribution in [1.29, 1.82) is 0 Å². The summed E-state index contributed by atoms with van der Waals surface area (Å²) in [7, 11) is 0. The third-order valence-corrected chi connectivity index (χ3v) is 5.05. The summed E-state index contributed by atoms with van der Waals surface area (Å²) in [6.45, 7) is 4.66. The number of imidazole rings is 1. The van der Waals surface area contributed by atoms with Crippen molar-refractivity contribution in [3.8, 4) is 0 Å². The summed E-state index contributed by atoms with van der Waals surface area (Å²) in [4.78, 5) is 7.37. The molecule has 4 heteroatoms. The minimum Gasteiger partial charge on any atom is -0.399 e. The van der Waals surface area contributed by atoms with Gasteiger partial charge in [-0.25, -0.2) is 4.98 Å². The lowest BCUT2D eigenvalue weighted by molar-refractivity contribution is 0.156. The summed E-state index contributed by atoms with van der Waals surface area (Å²) < 4.78 is 2.45. The van der Waals surface area contributed by atoms with Crippen LogP contribution in [0.4, 0.5) is 5.69 Å². The van der Waals surface area contributed by atoms with E-state index in [0.29, 0.717) is 6.04 Å². The standard InChI is InChI=1S/C16H22N4/c1-11-18-15-9-12(17)4-5-16(15)20(11)14-6-8-19-7-2-3-13(19)10-14/h4-5,9,13-14H,2-3,6-8,10,17H2,1H3. The summed E-state index contributed by atoms with van der Waals surface area (Å²) in [6.07, 6.45) is 5.26. The first-order chi connectivity index (χ1) is 9.72. The maximum absolute atomic E-state index is 5.88. The molecule has 2 unspecified atom stereocenters. The molecule has 2 saturated heterocycles. The maximum Gasteiger partial charge on any atom is 0.106 e. The van der Waals surface area contributed by atoms with Crippen LogP contribution >= 0.6 is 0 Å². The van der Waals surface area contributed by atoms with Crippen molar-refractivity contribution in [2.45, 2.75) is 44.7 Å². The molecule has 3 heterocycles. The molecule has 2 atom stereocenters. The molecule has 2 N–H and O–H groups in total. The highest BCUT2D eigenvalue weighted by molar-refractivity contribution is 5.79. The number of rotatable bonds is 1. The van der Waals surface area contributed by atoms with Gasteiger partial charge < -0.3 is 15.2 Å². The lowest BCUT2D eigenvalue weighted by Crippen LogP contribution is -2.38. The van der Waals surface area contributed by atoms with Crippen LogP contribution in [0.3, 0.4) is 0 Å². The van der Waals surface area contributed by atoms with E-state index in [1.165, 1.54) is 44.3 Å². The molecule has 0 bridgehead atoms. The Morgan fingerprint density at radius 1 is 1.20 bits per heavy atom. The summed E-state index contributed by atoms with van der Waals surface area (Å²) in [5.41, 5.74) is 8.96. The maximum atomic E-state index is 5.88. The molecular formula is C16H22N4. The predicted molar refractivity (Wildman–Crippen MR) is 81.7 cm³/mol. The average molecular weight is 270 g/mol. The third-order valence-electron chi connectivity index (χ3n) is 5.05. The van der Waals surface area contributed by atoms with Crippen molar-refractivity contribution >= 4 is 16.7 Å². The smallest absolute Gasteiger partial charge is 0.106 e. The average Bonchev–Trinajstić information content (AvgIpc) is 3.00. The van der Waals surface area contributed by atoms with Crippen molar-refractivity contribution in [3.05, 3.63) is 24.0 Å². The zero-order chi connectivity index (χ0) is 13.7. The fourth-order valence-corrected chi connectivity index (χ4v) is 4.13. The van der Waals surface area contributed by atoms with Gasteiger partial charge >= 0.3 is 0 Å². The van der Waals surface area contributed by atoms with Gasteiger partial charge in [0.05, 0.1) is 11.0 Å². The van der Waals surface area contributed by atoms with E-state index in [1.807, 2.05) is 12.1 Å². The fourth-order valence-electron chi connectivity index (χ4n) is 4.13. The highest BCUT2D eigenvalue weighted by atomic mass is 15.2. The minimum absolute atomic E-state index is 0.600. The Hall–Kier alpha value is -1.55. The van der Waals surface area contributed by atoms with Gasteiger partial charge in [0.1, 0.15) is 5.82 Å². The number of piperidine rings is 1. The van der Waals surface area contributed by atoms with Crippen molar-refractivity contribution in [3.63, 3.8) is 0 Å². The summed E-state index contributed by atoms with van der Waals surface area (Å²) in [6, 6.07) is 7.50. The first-order valence-corrected chi connectivity index (χ1v) is 7.70. The molecule has 2 aliphatic rings. The van der Waals surface area contributed by atoms with E-state index in [9.17, 15) is 0 Å². The van der Waals surface area contributed by atoms with E-state index in [0.717, 1.165) is 23.1 Å². The number of nitrogens with two attached hydrogens (primary N) is 1. The second kappa shape index (κ2) is 4.48. The Labute approximate surface area is 119 Å². The van der Waals surface area contributed by atoms with Gasteiger partial charge in [-0.3, -0.25) is 0 Å². The summed E-state index contributed by atoms with van der Waals surface area (Å²) >= 11 is 0. The monoisotopic (exact) mass is 270 g/mol. The van der Waals surface area contributed by atoms with Gasteiger partial charge in [0.15, 0.2) is 0 Å². The first-order valence-electron chi connectivity index (χ1n) is 7.70. The molecule has 0 spiro atoms. The van der Waals surface area contributed by atoms with Gasteiger partial charge in [-0.1, -0.05) is 0 Å². The number of benzene rings is 1. The molecule has 20 heavy (non-hydrogen) atoms. The van der Waals surface area contributed by atoms with Gasteiger partial charge in [0.2, 0.25) is 0 Å². The molecule has 1 aromatic heterocycles. The number of hydrogen-bond acceptors (Lipinski definition) is 3. The van der Waals surface area contributed by atoms with E-state index in [2.05, 4.69) is 22.5 Å². The summed E-state index contributed by atoms with van der Waals surface area (Å²) in [5.74, 6) is 1.13. The zero-order valence-corrected chi connectivity index (χ0v) is 12.0. The van der Waals surface area contributed by atoms with E-state index >= 15 is 0 Å². The topological polar surface area (TPSA) is 47.1 Å². The molecule has 0 radical (unpaired) electrons. The van der Waals surface area contributed by atoms with Gasteiger partial charge in [-0.15, -0.1) is 0 Å². The molecule has 4 rings (SSSR count). The van der Waals surface area contributed by atoms with Crippen LogP contribution in [0.25, 0.3) is 11.0 Å². The Morgan fingerprint density at radius 2 is 2.10 bits per heavy atom. The quantitative estimate of drug-likeness (QED) is 0.811. The molecule has 4 nitrogen and oxygen atoms in total. The van der Waals surface area contributed by atoms with Gasteiger partial charge in [-0.05, 0) is 57.4 Å². The number of aromatic nitrogens is 2. The van der Waals surface area contributed by atoms with Crippen LogP contribution < -0.4 is 5.73 Å². The molecule has 106 valence electrons. The summed E-state index contributed by atoms with van der Waals surface area (Å²) in [5, 5.41) is 0. The second-order valence-electron chi connectivity index (χ2n) is 6.29. The number of aryl methyl sites for hydroxylation is 1. The SMILES string of the molecule is Cc1nc2cc(N)ccc2n1C1CCN2CCCC2C1. The van der Waals surface area contributed by atoms with E-state index in [1.54, 1.807) is 0 Å². The Balaban J connectivity index is 1.72. The molecule has 0 amide bonds. The molecule has 0 saturated carbocycles. The molecule has 1 aromatic carbocycles. The lowest BCUT2D eigenvalue weighted by atomic mass is 9.97. The van der Waals surface area contributed by atoms with Gasteiger partial charge in [0, 0.05) is 24.3 Å². The van der Waals surface area contributed by atoms with Crippen molar-refractivity contribution in [1.82, 2.24) is 14.5 Å². The van der Waals surface area contributed by atoms with Crippen LogP contribution in [-0.2, 0) is 0 Å².